The highest BCUT2D eigenvalue weighted by molar-refractivity contribution is 14.1. The molecule has 1 aromatic rings. The highest BCUT2D eigenvalue weighted by Gasteiger charge is 2.27. The van der Waals surface area contributed by atoms with Gasteiger partial charge in [0.2, 0.25) is 0 Å². The monoisotopic (exact) mass is 374 g/mol. The number of hydrogen-bond donors (Lipinski definition) is 0. The van der Waals surface area contributed by atoms with Crippen molar-refractivity contribution in [1.82, 2.24) is 0 Å². The SMILES string of the molecule is Cc1ccc(C(CI)OC2CC(C)OC(C)C2)cc1. The Bertz CT molecular complexity index is 380. The summed E-state index contributed by atoms with van der Waals surface area (Å²) in [6.07, 6.45) is 3.14. The van der Waals surface area contributed by atoms with Crippen LogP contribution in [0.25, 0.3) is 0 Å². The predicted octanol–water partition coefficient (Wildman–Crippen LogP) is 4.44. The van der Waals surface area contributed by atoms with Gasteiger partial charge in [0, 0.05) is 4.43 Å². The first-order valence-corrected chi connectivity index (χ1v) is 8.54. The lowest BCUT2D eigenvalue weighted by Crippen LogP contribution is -2.35. The summed E-state index contributed by atoms with van der Waals surface area (Å²) in [5.41, 5.74) is 2.58. The fourth-order valence-corrected chi connectivity index (χ4v) is 3.39. The van der Waals surface area contributed by atoms with E-state index in [2.05, 4.69) is 67.6 Å². The zero-order valence-electron chi connectivity index (χ0n) is 11.9. The molecule has 106 valence electrons. The summed E-state index contributed by atoms with van der Waals surface area (Å²) in [5, 5.41) is 0. The van der Waals surface area contributed by atoms with Crippen molar-refractivity contribution in [2.45, 2.75) is 58.0 Å². The number of hydrogen-bond acceptors (Lipinski definition) is 2. The van der Waals surface area contributed by atoms with E-state index >= 15 is 0 Å². The van der Waals surface area contributed by atoms with Crippen LogP contribution in [0.3, 0.4) is 0 Å². The molecule has 19 heavy (non-hydrogen) atoms. The molecule has 0 saturated carbocycles. The maximum absolute atomic E-state index is 6.32. The molecule has 0 bridgehead atoms. The first-order valence-electron chi connectivity index (χ1n) is 7.02. The van der Waals surface area contributed by atoms with Crippen LogP contribution in [0.5, 0.6) is 0 Å². The van der Waals surface area contributed by atoms with E-state index in [0.717, 1.165) is 17.3 Å². The lowest BCUT2D eigenvalue weighted by atomic mass is 10.0. The van der Waals surface area contributed by atoms with Gasteiger partial charge in [0.1, 0.15) is 0 Å². The van der Waals surface area contributed by atoms with E-state index in [0.29, 0.717) is 18.3 Å². The van der Waals surface area contributed by atoms with Crippen molar-refractivity contribution in [3.8, 4) is 0 Å². The summed E-state index contributed by atoms with van der Waals surface area (Å²) in [6, 6.07) is 8.69. The largest absolute Gasteiger partial charge is 0.375 e. The molecule has 2 nitrogen and oxygen atoms in total. The smallest absolute Gasteiger partial charge is 0.0918 e. The Kier molecular flexibility index (Phi) is 5.66. The predicted molar refractivity (Wildman–Crippen MR) is 86.9 cm³/mol. The van der Waals surface area contributed by atoms with E-state index in [-0.39, 0.29) is 6.10 Å². The fourth-order valence-electron chi connectivity index (χ4n) is 2.67. The minimum absolute atomic E-state index is 0.198. The zero-order valence-corrected chi connectivity index (χ0v) is 14.1. The van der Waals surface area contributed by atoms with Crippen molar-refractivity contribution in [2.24, 2.45) is 0 Å². The van der Waals surface area contributed by atoms with Crippen LogP contribution >= 0.6 is 22.6 Å². The van der Waals surface area contributed by atoms with E-state index in [9.17, 15) is 0 Å². The van der Waals surface area contributed by atoms with E-state index < -0.39 is 0 Å². The molecule has 1 saturated heterocycles. The van der Waals surface area contributed by atoms with Gasteiger partial charge < -0.3 is 9.47 Å². The van der Waals surface area contributed by atoms with E-state index in [1.807, 2.05) is 0 Å². The minimum Gasteiger partial charge on any atom is -0.375 e. The number of benzene rings is 1. The molecule has 0 amide bonds. The molecular formula is C16H23IO2. The third-order valence-electron chi connectivity index (χ3n) is 3.60. The van der Waals surface area contributed by atoms with Crippen LogP contribution in [-0.4, -0.2) is 22.7 Å². The third kappa shape index (κ3) is 4.43. The van der Waals surface area contributed by atoms with Gasteiger partial charge in [-0.05, 0) is 39.2 Å². The summed E-state index contributed by atoms with van der Waals surface area (Å²) in [5.74, 6) is 0. The summed E-state index contributed by atoms with van der Waals surface area (Å²) >= 11 is 2.41. The second kappa shape index (κ2) is 7.04. The summed E-state index contributed by atoms with van der Waals surface area (Å²) in [4.78, 5) is 0. The van der Waals surface area contributed by atoms with Crippen LogP contribution in [0.4, 0.5) is 0 Å². The average molecular weight is 374 g/mol. The maximum atomic E-state index is 6.32. The molecule has 1 fully saturated rings. The Labute approximate surface area is 130 Å². The van der Waals surface area contributed by atoms with E-state index in [1.165, 1.54) is 11.1 Å². The van der Waals surface area contributed by atoms with Crippen LogP contribution in [0.15, 0.2) is 24.3 Å². The number of rotatable bonds is 4. The Balaban J connectivity index is 2.00. The topological polar surface area (TPSA) is 18.5 Å². The zero-order chi connectivity index (χ0) is 13.8. The van der Waals surface area contributed by atoms with Crippen LogP contribution < -0.4 is 0 Å². The molecule has 0 aliphatic carbocycles. The molecule has 3 unspecified atom stereocenters. The molecule has 0 aromatic heterocycles. The van der Waals surface area contributed by atoms with Gasteiger partial charge in [-0.1, -0.05) is 52.4 Å². The lowest BCUT2D eigenvalue weighted by molar-refractivity contribution is -0.118. The van der Waals surface area contributed by atoms with Crippen molar-refractivity contribution >= 4 is 22.6 Å². The Morgan fingerprint density at radius 1 is 1.21 bits per heavy atom. The van der Waals surface area contributed by atoms with Crippen LogP contribution in [0, 0.1) is 6.92 Å². The highest BCUT2D eigenvalue weighted by Crippen LogP contribution is 2.28. The number of ether oxygens (including phenoxy) is 2. The quantitative estimate of drug-likeness (QED) is 0.573. The molecule has 3 atom stereocenters. The van der Waals surface area contributed by atoms with Crippen LogP contribution in [0.1, 0.15) is 43.9 Å². The molecule has 0 radical (unpaired) electrons. The highest BCUT2D eigenvalue weighted by atomic mass is 127. The molecule has 1 aliphatic rings. The molecular weight excluding hydrogens is 351 g/mol. The average Bonchev–Trinajstić information content (AvgIpc) is 2.36. The summed E-state index contributed by atoms with van der Waals surface area (Å²) < 4.78 is 13.1. The Morgan fingerprint density at radius 2 is 1.79 bits per heavy atom. The van der Waals surface area contributed by atoms with Crippen LogP contribution in [0.2, 0.25) is 0 Å². The van der Waals surface area contributed by atoms with Gasteiger partial charge in [0.15, 0.2) is 0 Å². The van der Waals surface area contributed by atoms with Gasteiger partial charge in [-0.2, -0.15) is 0 Å². The molecule has 0 N–H and O–H groups in total. The van der Waals surface area contributed by atoms with Crippen molar-refractivity contribution in [3.63, 3.8) is 0 Å². The van der Waals surface area contributed by atoms with E-state index in [4.69, 9.17) is 9.47 Å². The first kappa shape index (κ1) is 15.3. The maximum Gasteiger partial charge on any atom is 0.0918 e. The number of halogens is 1. The van der Waals surface area contributed by atoms with Gasteiger partial charge in [-0.15, -0.1) is 0 Å². The first-order chi connectivity index (χ1) is 9.08. The van der Waals surface area contributed by atoms with Crippen molar-refractivity contribution < 1.29 is 9.47 Å². The molecule has 0 spiro atoms. The molecule has 3 heteroatoms. The molecule has 1 aromatic carbocycles. The van der Waals surface area contributed by atoms with Gasteiger partial charge in [0.25, 0.3) is 0 Å². The second-order valence-electron chi connectivity index (χ2n) is 5.54. The Morgan fingerprint density at radius 3 is 2.32 bits per heavy atom. The van der Waals surface area contributed by atoms with Crippen molar-refractivity contribution in [3.05, 3.63) is 35.4 Å². The second-order valence-corrected chi connectivity index (χ2v) is 6.42. The van der Waals surface area contributed by atoms with Gasteiger partial charge in [0.05, 0.1) is 24.4 Å². The standard InChI is InChI=1S/C16H23IO2/c1-11-4-6-14(7-5-11)16(10-17)19-15-8-12(2)18-13(3)9-15/h4-7,12-13,15-16H,8-10H2,1-3H3. The van der Waals surface area contributed by atoms with E-state index in [1.54, 1.807) is 0 Å². The summed E-state index contributed by atoms with van der Waals surface area (Å²) in [7, 11) is 0. The normalized spacial score (nSPS) is 29.2. The lowest BCUT2D eigenvalue weighted by Gasteiger charge is -2.34. The van der Waals surface area contributed by atoms with Crippen molar-refractivity contribution in [1.29, 1.82) is 0 Å². The minimum atomic E-state index is 0.198. The molecule has 2 rings (SSSR count). The van der Waals surface area contributed by atoms with Gasteiger partial charge in [-0.25, -0.2) is 0 Å². The van der Waals surface area contributed by atoms with Gasteiger partial charge >= 0.3 is 0 Å². The third-order valence-corrected chi connectivity index (χ3v) is 4.40. The van der Waals surface area contributed by atoms with Gasteiger partial charge in [-0.3, -0.25) is 0 Å². The fraction of sp³-hybridized carbons (Fsp3) is 0.625. The number of alkyl halides is 1. The Hall–Kier alpha value is -0.130. The summed E-state index contributed by atoms with van der Waals surface area (Å²) in [6.45, 7) is 6.39. The molecule has 1 heterocycles. The molecule has 1 aliphatic heterocycles. The van der Waals surface area contributed by atoms with Crippen molar-refractivity contribution in [2.75, 3.05) is 4.43 Å². The number of aryl methyl sites for hydroxylation is 1. The van der Waals surface area contributed by atoms with Crippen LogP contribution in [-0.2, 0) is 9.47 Å².